The maximum absolute atomic E-state index is 11.5. The zero-order chi connectivity index (χ0) is 20.7. The Labute approximate surface area is 159 Å². The summed E-state index contributed by atoms with van der Waals surface area (Å²) in [5, 5.41) is 29.5. The molecule has 3 atom stereocenters. The predicted molar refractivity (Wildman–Crippen MR) is 98.4 cm³/mol. The van der Waals surface area contributed by atoms with E-state index in [0.717, 1.165) is 5.56 Å². The highest BCUT2D eigenvalue weighted by atomic mass is 16.5. The van der Waals surface area contributed by atoms with Crippen LogP contribution in [0, 0.1) is 12.8 Å². The summed E-state index contributed by atoms with van der Waals surface area (Å²) < 4.78 is 9.33. The first-order chi connectivity index (χ1) is 13.0. The van der Waals surface area contributed by atoms with Gasteiger partial charge in [-0.15, -0.1) is 12.8 Å². The molecule has 0 saturated heterocycles. The summed E-state index contributed by atoms with van der Waals surface area (Å²) in [6.07, 6.45) is 6.81. The van der Waals surface area contributed by atoms with Gasteiger partial charge in [0.2, 0.25) is 0 Å². The zero-order valence-corrected chi connectivity index (χ0v) is 15.3. The molecule has 150 valence electrons. The summed E-state index contributed by atoms with van der Waals surface area (Å²) in [4.78, 5) is 21.4. The molecule has 4 N–H and O–H groups in total. The molecule has 0 unspecified atom stereocenters. The molecule has 0 aromatic heterocycles. The van der Waals surface area contributed by atoms with E-state index in [-0.39, 0.29) is 6.61 Å². The molecule has 0 spiro atoms. The standard InChI is InChI=1S/C13H17NO4.C4H8O3.C2H2/c15-11-7-6-10(12(11)16)14-13(17)18-8-9-4-2-1-3-5-9;1-2-7-4(6)3-5;1-2/h1-5,10-12,15-16H,6-8H2,(H,14,17);5H,2-3H2,1H3;1-2H/t10-,11-,12+;;/m1../s1. The highest BCUT2D eigenvalue weighted by Gasteiger charge is 2.34. The van der Waals surface area contributed by atoms with E-state index >= 15 is 0 Å². The van der Waals surface area contributed by atoms with Gasteiger partial charge in [0, 0.05) is 0 Å². The average Bonchev–Trinajstić information content (AvgIpc) is 3.01. The molecule has 27 heavy (non-hydrogen) atoms. The van der Waals surface area contributed by atoms with Gasteiger partial charge in [-0.2, -0.15) is 0 Å². The van der Waals surface area contributed by atoms with E-state index in [1.165, 1.54) is 0 Å². The summed E-state index contributed by atoms with van der Waals surface area (Å²) in [5.41, 5.74) is 0.902. The molecule has 1 saturated carbocycles. The number of ether oxygens (including phenoxy) is 2. The van der Waals surface area contributed by atoms with Crippen molar-refractivity contribution in [2.45, 2.75) is 44.6 Å². The normalized spacial score (nSPS) is 20.1. The Bertz CT molecular complexity index is 562. The van der Waals surface area contributed by atoms with Crippen molar-refractivity contribution in [1.82, 2.24) is 5.32 Å². The minimum atomic E-state index is -0.908. The summed E-state index contributed by atoms with van der Waals surface area (Å²) in [6.45, 7) is 1.69. The number of hydrogen-bond acceptors (Lipinski definition) is 7. The monoisotopic (exact) mass is 381 g/mol. The van der Waals surface area contributed by atoms with Crippen LogP contribution in [0.4, 0.5) is 4.79 Å². The van der Waals surface area contributed by atoms with E-state index in [2.05, 4.69) is 22.9 Å². The molecular weight excluding hydrogens is 354 g/mol. The number of alkyl carbamates (subject to hydrolysis) is 1. The number of aliphatic hydroxyl groups is 3. The average molecular weight is 381 g/mol. The number of carbonyl (C=O) groups excluding carboxylic acids is 2. The van der Waals surface area contributed by atoms with Crippen LogP contribution in [0.15, 0.2) is 30.3 Å². The molecule has 1 amide bonds. The maximum Gasteiger partial charge on any atom is 0.407 e. The number of terminal acetylenes is 1. The number of amides is 1. The van der Waals surface area contributed by atoms with E-state index < -0.39 is 36.9 Å². The lowest BCUT2D eigenvalue weighted by Gasteiger charge is -2.17. The Hall–Kier alpha value is -2.60. The third-order valence-corrected chi connectivity index (χ3v) is 3.53. The van der Waals surface area contributed by atoms with Gasteiger partial charge in [-0.25, -0.2) is 9.59 Å². The highest BCUT2D eigenvalue weighted by Crippen LogP contribution is 2.19. The lowest BCUT2D eigenvalue weighted by molar-refractivity contribution is -0.146. The van der Waals surface area contributed by atoms with Crippen LogP contribution in [0.25, 0.3) is 0 Å². The van der Waals surface area contributed by atoms with Crippen molar-refractivity contribution in [1.29, 1.82) is 0 Å². The fraction of sp³-hybridized carbons (Fsp3) is 0.474. The fourth-order valence-electron chi connectivity index (χ4n) is 2.24. The van der Waals surface area contributed by atoms with Gasteiger partial charge < -0.3 is 30.1 Å². The van der Waals surface area contributed by atoms with E-state index in [9.17, 15) is 19.8 Å². The van der Waals surface area contributed by atoms with Gasteiger partial charge in [-0.1, -0.05) is 30.3 Å². The molecule has 2 rings (SSSR count). The molecule has 0 heterocycles. The topological polar surface area (TPSA) is 125 Å². The van der Waals surface area contributed by atoms with Gasteiger partial charge in [0.1, 0.15) is 19.3 Å². The van der Waals surface area contributed by atoms with Crippen LogP contribution in [-0.2, 0) is 20.9 Å². The Morgan fingerprint density at radius 2 is 1.78 bits per heavy atom. The third kappa shape index (κ3) is 10.2. The minimum Gasteiger partial charge on any atom is -0.464 e. The second-order valence-corrected chi connectivity index (χ2v) is 5.41. The van der Waals surface area contributed by atoms with E-state index in [0.29, 0.717) is 19.4 Å². The predicted octanol–water partition coefficient (Wildman–Crippen LogP) is 0.588. The van der Waals surface area contributed by atoms with Crippen molar-refractivity contribution >= 4 is 12.1 Å². The van der Waals surface area contributed by atoms with Crippen molar-refractivity contribution in [2.24, 2.45) is 0 Å². The van der Waals surface area contributed by atoms with Gasteiger partial charge in [-0.3, -0.25) is 0 Å². The Morgan fingerprint density at radius 3 is 2.22 bits per heavy atom. The van der Waals surface area contributed by atoms with Crippen LogP contribution in [0.5, 0.6) is 0 Å². The number of aliphatic hydroxyl groups excluding tert-OH is 3. The number of carbonyl (C=O) groups is 2. The molecule has 1 aromatic carbocycles. The Balaban J connectivity index is 0.000000637. The minimum absolute atomic E-state index is 0.193. The molecule has 0 bridgehead atoms. The van der Waals surface area contributed by atoms with Crippen LogP contribution < -0.4 is 5.32 Å². The molecule has 8 heteroatoms. The van der Waals surface area contributed by atoms with Gasteiger partial charge in [-0.05, 0) is 25.3 Å². The molecule has 8 nitrogen and oxygen atoms in total. The Kier molecular flexibility index (Phi) is 13.2. The first-order valence-electron chi connectivity index (χ1n) is 8.41. The molecule has 0 radical (unpaired) electrons. The molecule has 1 aliphatic carbocycles. The van der Waals surface area contributed by atoms with Crippen molar-refractivity contribution < 1.29 is 34.4 Å². The molecule has 1 aromatic rings. The van der Waals surface area contributed by atoms with Crippen molar-refractivity contribution in [3.05, 3.63) is 35.9 Å². The van der Waals surface area contributed by atoms with E-state index in [1.54, 1.807) is 6.92 Å². The van der Waals surface area contributed by atoms with Crippen molar-refractivity contribution in [2.75, 3.05) is 13.2 Å². The van der Waals surface area contributed by atoms with Crippen LogP contribution >= 0.6 is 0 Å². The summed E-state index contributed by atoms with van der Waals surface area (Å²) >= 11 is 0. The maximum atomic E-state index is 11.5. The van der Waals surface area contributed by atoms with Crippen LogP contribution in [0.2, 0.25) is 0 Å². The molecular formula is C19H27NO7. The lowest BCUT2D eigenvalue weighted by atomic mass is 10.2. The first kappa shape index (κ1) is 24.4. The number of esters is 1. The third-order valence-electron chi connectivity index (χ3n) is 3.53. The number of rotatable bonds is 5. The second-order valence-electron chi connectivity index (χ2n) is 5.41. The molecule has 1 aliphatic rings. The quantitative estimate of drug-likeness (QED) is 0.434. The number of hydrogen-bond donors (Lipinski definition) is 4. The SMILES string of the molecule is C#C.CCOC(=O)CO.O=C(N[C@@H]1CC[C@@H](O)[C@H]1O)OCc1ccccc1. The van der Waals surface area contributed by atoms with Gasteiger partial charge in [0.05, 0.1) is 18.8 Å². The van der Waals surface area contributed by atoms with Crippen molar-refractivity contribution in [3.8, 4) is 12.8 Å². The van der Waals surface area contributed by atoms with E-state index in [4.69, 9.17) is 9.84 Å². The van der Waals surface area contributed by atoms with Gasteiger partial charge >= 0.3 is 12.1 Å². The number of nitrogens with one attached hydrogen (secondary N) is 1. The van der Waals surface area contributed by atoms with E-state index in [1.807, 2.05) is 30.3 Å². The summed E-state index contributed by atoms with van der Waals surface area (Å²) in [7, 11) is 0. The van der Waals surface area contributed by atoms with Crippen molar-refractivity contribution in [3.63, 3.8) is 0 Å². The summed E-state index contributed by atoms with van der Waals surface area (Å²) in [5.74, 6) is -0.567. The van der Waals surface area contributed by atoms with Gasteiger partial charge in [0.25, 0.3) is 0 Å². The van der Waals surface area contributed by atoms with Gasteiger partial charge in [0.15, 0.2) is 0 Å². The van der Waals surface area contributed by atoms with Crippen LogP contribution in [0.1, 0.15) is 25.3 Å². The van der Waals surface area contributed by atoms with Crippen LogP contribution in [0.3, 0.4) is 0 Å². The zero-order valence-electron chi connectivity index (χ0n) is 15.3. The summed E-state index contributed by atoms with van der Waals surface area (Å²) in [6, 6.07) is 8.92. The molecule has 1 fully saturated rings. The first-order valence-corrected chi connectivity index (χ1v) is 8.41. The second kappa shape index (κ2) is 14.6. The smallest absolute Gasteiger partial charge is 0.407 e. The van der Waals surface area contributed by atoms with Crippen LogP contribution in [-0.4, -0.2) is 58.8 Å². The lowest BCUT2D eigenvalue weighted by Crippen LogP contribution is -2.43. The number of benzene rings is 1. The molecule has 0 aliphatic heterocycles. The fourth-order valence-corrected chi connectivity index (χ4v) is 2.24. The Morgan fingerprint density at radius 1 is 1.15 bits per heavy atom. The largest absolute Gasteiger partial charge is 0.464 e. The highest BCUT2D eigenvalue weighted by molar-refractivity contribution is 5.70.